The Bertz CT molecular complexity index is 766. The Morgan fingerprint density at radius 3 is 2.31 bits per heavy atom. The molecule has 29 heavy (non-hydrogen) atoms. The first kappa shape index (κ1) is 23.5. The molecule has 0 unspecified atom stereocenters. The second-order valence-electron chi connectivity index (χ2n) is 7.28. The number of nitrogens with zero attached hydrogens (tertiary/aromatic N) is 3. The van der Waals surface area contributed by atoms with Gasteiger partial charge in [0.05, 0.1) is 4.90 Å². The van der Waals surface area contributed by atoms with Crippen LogP contribution in [0.4, 0.5) is 0 Å². The van der Waals surface area contributed by atoms with Gasteiger partial charge in [-0.15, -0.1) is 0 Å². The van der Waals surface area contributed by atoms with Crippen LogP contribution >= 0.6 is 0 Å². The highest BCUT2D eigenvalue weighted by Gasteiger charge is 2.20. The number of carbonyl (C=O) groups excluding carboxylic acids is 1. The molecule has 1 saturated heterocycles. The number of amides is 1. The lowest BCUT2D eigenvalue weighted by Gasteiger charge is -2.32. The average Bonchev–Trinajstić information content (AvgIpc) is 2.72. The van der Waals surface area contributed by atoms with Crippen LogP contribution in [0.25, 0.3) is 6.08 Å². The lowest BCUT2D eigenvalue weighted by molar-refractivity contribution is -0.116. The summed E-state index contributed by atoms with van der Waals surface area (Å²) in [7, 11) is -1.31. The first-order valence-electron chi connectivity index (χ1n) is 10.3. The second kappa shape index (κ2) is 11.4. The number of benzene rings is 1. The van der Waals surface area contributed by atoms with E-state index in [0.29, 0.717) is 19.6 Å². The Labute approximate surface area is 175 Å². The van der Waals surface area contributed by atoms with Crippen molar-refractivity contribution in [1.29, 1.82) is 0 Å². The normalized spacial score (nSPS) is 16.6. The highest BCUT2D eigenvalue weighted by molar-refractivity contribution is 7.89. The van der Waals surface area contributed by atoms with E-state index in [4.69, 9.17) is 0 Å². The van der Waals surface area contributed by atoms with E-state index in [0.717, 1.165) is 44.7 Å². The van der Waals surface area contributed by atoms with Gasteiger partial charge in [0.15, 0.2) is 0 Å². The van der Waals surface area contributed by atoms with Crippen LogP contribution in [-0.4, -0.2) is 87.8 Å². The molecular formula is C21H34N4O3S. The van der Waals surface area contributed by atoms with E-state index in [1.54, 1.807) is 30.3 Å². The lowest BCUT2D eigenvalue weighted by atomic mass is 10.2. The van der Waals surface area contributed by atoms with Crippen molar-refractivity contribution in [2.24, 2.45) is 0 Å². The van der Waals surface area contributed by atoms with Crippen molar-refractivity contribution in [1.82, 2.24) is 19.4 Å². The van der Waals surface area contributed by atoms with Gasteiger partial charge in [-0.05, 0) is 43.8 Å². The molecule has 0 aromatic heterocycles. The monoisotopic (exact) mass is 422 g/mol. The molecule has 1 aromatic carbocycles. The first-order chi connectivity index (χ1) is 13.9. The van der Waals surface area contributed by atoms with Gasteiger partial charge in [0, 0.05) is 51.9 Å². The standard InChI is InChI=1S/C21H34N4O3S/c1-4-25(5-2)29(27,28)20-10-7-19(8-11-20)9-12-21(26)22-13-6-14-24-17-15-23(3)16-18-24/h7-12H,4-6,13-18H2,1-3H3,(H,22,26)/b12-9+. The number of hydrogen-bond donors (Lipinski definition) is 1. The molecule has 0 aliphatic carbocycles. The number of likely N-dealkylation sites (N-methyl/N-ethyl adjacent to an activating group) is 1. The minimum atomic E-state index is -3.45. The SMILES string of the molecule is CCN(CC)S(=O)(=O)c1ccc(/C=C/C(=O)NCCCN2CCN(C)CC2)cc1. The number of piperazine rings is 1. The van der Waals surface area contributed by atoms with Crippen molar-refractivity contribution in [3.63, 3.8) is 0 Å². The Morgan fingerprint density at radius 1 is 1.10 bits per heavy atom. The van der Waals surface area contributed by atoms with Gasteiger partial charge in [-0.2, -0.15) is 4.31 Å². The van der Waals surface area contributed by atoms with Crippen LogP contribution < -0.4 is 5.32 Å². The minimum Gasteiger partial charge on any atom is -0.353 e. The zero-order valence-electron chi connectivity index (χ0n) is 17.8. The second-order valence-corrected chi connectivity index (χ2v) is 9.22. The van der Waals surface area contributed by atoms with Crippen LogP contribution in [-0.2, 0) is 14.8 Å². The van der Waals surface area contributed by atoms with E-state index in [1.807, 2.05) is 13.8 Å². The molecule has 7 nitrogen and oxygen atoms in total. The van der Waals surface area contributed by atoms with Gasteiger partial charge in [-0.1, -0.05) is 26.0 Å². The predicted molar refractivity (Wildman–Crippen MR) is 117 cm³/mol. The van der Waals surface area contributed by atoms with E-state index < -0.39 is 10.0 Å². The third-order valence-corrected chi connectivity index (χ3v) is 7.26. The van der Waals surface area contributed by atoms with E-state index in [1.165, 1.54) is 10.4 Å². The summed E-state index contributed by atoms with van der Waals surface area (Å²) in [5.74, 6) is -0.136. The van der Waals surface area contributed by atoms with Gasteiger partial charge in [-0.25, -0.2) is 8.42 Å². The molecule has 1 amide bonds. The largest absolute Gasteiger partial charge is 0.353 e. The molecule has 0 bridgehead atoms. The quantitative estimate of drug-likeness (QED) is 0.457. The summed E-state index contributed by atoms with van der Waals surface area (Å²) in [6, 6.07) is 6.60. The van der Waals surface area contributed by atoms with Gasteiger partial charge >= 0.3 is 0 Å². The van der Waals surface area contributed by atoms with Crippen LogP contribution in [0, 0.1) is 0 Å². The van der Waals surface area contributed by atoms with Crippen molar-refractivity contribution >= 4 is 22.0 Å². The number of hydrogen-bond acceptors (Lipinski definition) is 5. The van der Waals surface area contributed by atoms with Gasteiger partial charge in [0.1, 0.15) is 0 Å². The molecule has 1 aromatic rings. The summed E-state index contributed by atoms with van der Waals surface area (Å²) in [6.45, 7) is 10.6. The highest BCUT2D eigenvalue weighted by Crippen LogP contribution is 2.16. The third kappa shape index (κ3) is 7.22. The summed E-state index contributed by atoms with van der Waals surface area (Å²) in [4.78, 5) is 17.0. The number of nitrogens with one attached hydrogen (secondary N) is 1. The van der Waals surface area contributed by atoms with Crippen LogP contribution in [0.5, 0.6) is 0 Å². The fourth-order valence-electron chi connectivity index (χ4n) is 3.28. The van der Waals surface area contributed by atoms with Crippen LogP contribution in [0.1, 0.15) is 25.8 Å². The van der Waals surface area contributed by atoms with E-state index in [-0.39, 0.29) is 10.8 Å². The maximum atomic E-state index is 12.5. The maximum Gasteiger partial charge on any atom is 0.243 e. The van der Waals surface area contributed by atoms with E-state index >= 15 is 0 Å². The highest BCUT2D eigenvalue weighted by atomic mass is 32.2. The summed E-state index contributed by atoms with van der Waals surface area (Å²) in [6.07, 6.45) is 4.12. The summed E-state index contributed by atoms with van der Waals surface area (Å²) in [5, 5.41) is 2.90. The smallest absolute Gasteiger partial charge is 0.243 e. The van der Waals surface area contributed by atoms with Crippen molar-refractivity contribution in [3.05, 3.63) is 35.9 Å². The van der Waals surface area contributed by atoms with Crippen LogP contribution in [0.3, 0.4) is 0 Å². The van der Waals surface area contributed by atoms with Crippen molar-refractivity contribution in [2.45, 2.75) is 25.2 Å². The van der Waals surface area contributed by atoms with Crippen molar-refractivity contribution < 1.29 is 13.2 Å². The number of carbonyl (C=O) groups is 1. The summed E-state index contributed by atoms with van der Waals surface area (Å²) >= 11 is 0. The minimum absolute atomic E-state index is 0.136. The zero-order chi connectivity index (χ0) is 21.3. The molecule has 1 aliphatic heterocycles. The van der Waals surface area contributed by atoms with E-state index in [9.17, 15) is 13.2 Å². The Balaban J connectivity index is 1.77. The van der Waals surface area contributed by atoms with Crippen molar-refractivity contribution in [2.75, 3.05) is 59.4 Å². The molecule has 0 saturated carbocycles. The number of sulfonamides is 1. The Hall–Kier alpha value is -1.74. The van der Waals surface area contributed by atoms with Gasteiger partial charge in [0.2, 0.25) is 15.9 Å². The molecule has 1 N–H and O–H groups in total. The molecular weight excluding hydrogens is 388 g/mol. The fraction of sp³-hybridized carbons (Fsp3) is 0.571. The molecule has 1 aliphatic rings. The average molecular weight is 423 g/mol. The molecule has 0 atom stereocenters. The molecule has 1 fully saturated rings. The molecule has 0 radical (unpaired) electrons. The van der Waals surface area contributed by atoms with E-state index in [2.05, 4.69) is 22.2 Å². The first-order valence-corrected chi connectivity index (χ1v) is 11.8. The Kier molecular flexibility index (Phi) is 9.29. The van der Waals surface area contributed by atoms with Crippen LogP contribution in [0.2, 0.25) is 0 Å². The molecule has 0 spiro atoms. The van der Waals surface area contributed by atoms with Gasteiger partial charge in [-0.3, -0.25) is 4.79 Å². The van der Waals surface area contributed by atoms with Gasteiger partial charge < -0.3 is 15.1 Å². The maximum absolute atomic E-state index is 12.5. The summed E-state index contributed by atoms with van der Waals surface area (Å²) in [5.41, 5.74) is 0.788. The summed E-state index contributed by atoms with van der Waals surface area (Å²) < 4.78 is 26.4. The molecule has 2 rings (SSSR count). The third-order valence-electron chi connectivity index (χ3n) is 5.20. The lowest BCUT2D eigenvalue weighted by Crippen LogP contribution is -2.45. The Morgan fingerprint density at radius 2 is 1.72 bits per heavy atom. The number of rotatable bonds is 10. The van der Waals surface area contributed by atoms with Crippen LogP contribution in [0.15, 0.2) is 35.2 Å². The molecule has 162 valence electrons. The molecule has 8 heteroatoms. The zero-order valence-corrected chi connectivity index (χ0v) is 18.6. The predicted octanol–water partition coefficient (Wildman–Crippen LogP) is 1.48. The molecule has 1 heterocycles. The topological polar surface area (TPSA) is 73.0 Å². The van der Waals surface area contributed by atoms with Gasteiger partial charge in [0.25, 0.3) is 0 Å². The van der Waals surface area contributed by atoms with Crippen molar-refractivity contribution in [3.8, 4) is 0 Å². The fourth-order valence-corrected chi connectivity index (χ4v) is 4.74.